The molecule has 8 heteroatoms. The van der Waals surface area contributed by atoms with Gasteiger partial charge in [-0.2, -0.15) is 0 Å². The lowest BCUT2D eigenvalue weighted by molar-refractivity contribution is -0.131. The van der Waals surface area contributed by atoms with Crippen LogP contribution in [0.15, 0.2) is 78.9 Å². The lowest BCUT2D eigenvalue weighted by Crippen LogP contribution is -2.50. The Hall–Kier alpha value is -4.46. The third kappa shape index (κ3) is 10.0. The summed E-state index contributed by atoms with van der Waals surface area (Å²) in [7, 11) is 1.55. The van der Waals surface area contributed by atoms with Crippen LogP contribution in [-0.2, 0) is 26.2 Å². The van der Waals surface area contributed by atoms with Crippen molar-refractivity contribution in [3.05, 3.63) is 107 Å². The van der Waals surface area contributed by atoms with Gasteiger partial charge in [0.15, 0.2) is 0 Å². The fraction of sp³-hybridized carbons (Fsp3) is 0.450. The minimum atomic E-state index is -1.02. The number of hydrogen-bond acceptors (Lipinski definition) is 4. The average Bonchev–Trinajstić information content (AvgIpc) is 2.99. The number of nitrogens with one attached hydrogen (secondary N) is 4. The SMILES string of the molecule is CNC(=O)[C@@H](NC(=O)c1cc(CC(C)(C)C(=O)NC(C)(C)C)cc(C(C)(C)C(=O)NC(C)(C)C)c1)C(c1ccccc1)c1ccccc1. The zero-order chi connectivity index (χ0) is 36.1. The molecule has 8 nitrogen and oxygen atoms in total. The van der Waals surface area contributed by atoms with E-state index in [-0.39, 0.29) is 17.7 Å². The first-order valence-corrected chi connectivity index (χ1v) is 16.6. The van der Waals surface area contributed by atoms with E-state index < -0.39 is 39.8 Å². The molecule has 0 aromatic heterocycles. The van der Waals surface area contributed by atoms with Gasteiger partial charge in [-0.05, 0) is 96.2 Å². The van der Waals surface area contributed by atoms with Crippen molar-refractivity contribution in [2.45, 2.75) is 104 Å². The Labute approximate surface area is 286 Å². The molecule has 258 valence electrons. The van der Waals surface area contributed by atoms with Gasteiger partial charge in [0, 0.05) is 35.0 Å². The summed E-state index contributed by atoms with van der Waals surface area (Å²) in [5.74, 6) is -1.60. The van der Waals surface area contributed by atoms with Crippen LogP contribution in [-0.4, -0.2) is 47.8 Å². The van der Waals surface area contributed by atoms with E-state index in [0.717, 1.165) is 16.7 Å². The molecule has 0 aliphatic rings. The molecule has 3 aromatic carbocycles. The van der Waals surface area contributed by atoms with Crippen molar-refractivity contribution in [2.24, 2.45) is 5.41 Å². The van der Waals surface area contributed by atoms with E-state index in [2.05, 4.69) is 21.3 Å². The molecule has 0 fully saturated rings. The molecule has 1 atom stereocenters. The molecule has 3 aromatic rings. The van der Waals surface area contributed by atoms with Crippen LogP contribution in [0, 0.1) is 5.41 Å². The maximum absolute atomic E-state index is 14.3. The van der Waals surface area contributed by atoms with Crippen LogP contribution >= 0.6 is 0 Å². The maximum atomic E-state index is 14.3. The summed E-state index contributed by atoms with van der Waals surface area (Å²) >= 11 is 0. The zero-order valence-corrected chi connectivity index (χ0v) is 30.5. The lowest BCUT2D eigenvalue weighted by atomic mass is 9.78. The van der Waals surface area contributed by atoms with E-state index in [9.17, 15) is 19.2 Å². The molecular weight excluding hydrogens is 600 g/mol. The van der Waals surface area contributed by atoms with Crippen LogP contribution in [0.4, 0.5) is 0 Å². The minimum absolute atomic E-state index is 0.121. The van der Waals surface area contributed by atoms with Gasteiger partial charge >= 0.3 is 0 Å². The standard InChI is InChI=1S/C40H54N4O4/c1-37(2,3)43-35(47)39(7,8)25-26-22-29(24-30(23-26)40(9,10)36(48)44-38(4,5)6)33(45)42-32(34(46)41-11)31(27-18-14-12-15-19-27)28-20-16-13-17-21-28/h12-24,31-32H,25H2,1-11H3,(H,41,46)(H,42,45)(H,43,47)(H,44,48)/t32-/m0/s1. The fourth-order valence-corrected chi connectivity index (χ4v) is 5.59. The Bertz CT molecular complexity index is 1560. The van der Waals surface area contributed by atoms with Crippen LogP contribution in [0.3, 0.4) is 0 Å². The predicted molar refractivity (Wildman–Crippen MR) is 193 cm³/mol. The smallest absolute Gasteiger partial charge is 0.251 e. The number of hydrogen-bond donors (Lipinski definition) is 4. The van der Waals surface area contributed by atoms with Crippen molar-refractivity contribution >= 4 is 23.6 Å². The molecule has 4 amide bonds. The minimum Gasteiger partial charge on any atom is -0.357 e. The predicted octanol–water partition coefficient (Wildman–Crippen LogP) is 6.04. The van der Waals surface area contributed by atoms with E-state index in [1.54, 1.807) is 19.2 Å². The third-order valence-electron chi connectivity index (χ3n) is 8.25. The van der Waals surface area contributed by atoms with Gasteiger partial charge in [0.25, 0.3) is 5.91 Å². The normalized spacial score (nSPS) is 13.0. The Morgan fingerprint density at radius 3 is 1.58 bits per heavy atom. The second kappa shape index (κ2) is 14.8. The van der Waals surface area contributed by atoms with Crippen molar-refractivity contribution in [1.29, 1.82) is 0 Å². The second-order valence-electron chi connectivity index (χ2n) is 15.9. The summed E-state index contributed by atoms with van der Waals surface area (Å²) in [5, 5.41) is 11.9. The van der Waals surface area contributed by atoms with Crippen molar-refractivity contribution in [3.63, 3.8) is 0 Å². The molecule has 4 N–H and O–H groups in total. The van der Waals surface area contributed by atoms with E-state index in [0.29, 0.717) is 17.5 Å². The van der Waals surface area contributed by atoms with Crippen LogP contribution in [0.25, 0.3) is 0 Å². The molecule has 0 radical (unpaired) electrons. The van der Waals surface area contributed by atoms with Gasteiger partial charge in [-0.3, -0.25) is 19.2 Å². The van der Waals surface area contributed by atoms with E-state index in [1.165, 1.54) is 0 Å². The lowest BCUT2D eigenvalue weighted by Gasteiger charge is -2.32. The molecule has 3 rings (SSSR count). The largest absolute Gasteiger partial charge is 0.357 e. The van der Waals surface area contributed by atoms with Gasteiger partial charge in [-0.25, -0.2) is 0 Å². The van der Waals surface area contributed by atoms with E-state index in [4.69, 9.17) is 0 Å². The molecular formula is C40H54N4O4. The Kier molecular flexibility index (Phi) is 11.7. The van der Waals surface area contributed by atoms with E-state index >= 15 is 0 Å². The van der Waals surface area contributed by atoms with Crippen molar-refractivity contribution in [2.75, 3.05) is 7.05 Å². The number of benzene rings is 3. The number of carbonyl (C=O) groups is 4. The van der Waals surface area contributed by atoms with Crippen LogP contribution in [0.5, 0.6) is 0 Å². The summed E-state index contributed by atoms with van der Waals surface area (Å²) < 4.78 is 0. The van der Waals surface area contributed by atoms with Crippen molar-refractivity contribution in [1.82, 2.24) is 21.3 Å². The van der Waals surface area contributed by atoms with Crippen molar-refractivity contribution in [3.8, 4) is 0 Å². The average molecular weight is 655 g/mol. The first-order chi connectivity index (χ1) is 22.1. The monoisotopic (exact) mass is 654 g/mol. The molecule has 0 saturated heterocycles. The van der Waals surface area contributed by atoms with Gasteiger partial charge in [0.1, 0.15) is 6.04 Å². The highest BCUT2D eigenvalue weighted by Gasteiger charge is 2.36. The van der Waals surface area contributed by atoms with Gasteiger partial charge in [0.2, 0.25) is 17.7 Å². The van der Waals surface area contributed by atoms with Crippen LogP contribution in [0.1, 0.15) is 108 Å². The maximum Gasteiger partial charge on any atom is 0.251 e. The molecule has 0 spiro atoms. The summed E-state index contributed by atoms with van der Waals surface area (Å²) in [6.07, 6.45) is 0.315. The topological polar surface area (TPSA) is 116 Å². The molecule has 0 aliphatic heterocycles. The number of likely N-dealkylation sites (N-methyl/N-ethyl adjacent to an activating group) is 1. The highest BCUT2D eigenvalue weighted by molar-refractivity contribution is 5.99. The van der Waals surface area contributed by atoms with Gasteiger partial charge in [-0.1, -0.05) is 80.6 Å². The quantitative estimate of drug-likeness (QED) is 0.202. The number of carbonyl (C=O) groups excluding carboxylic acids is 4. The fourth-order valence-electron chi connectivity index (χ4n) is 5.59. The Balaban J connectivity index is 2.14. The Morgan fingerprint density at radius 2 is 1.12 bits per heavy atom. The van der Waals surface area contributed by atoms with Gasteiger partial charge in [-0.15, -0.1) is 0 Å². The first kappa shape index (κ1) is 38.0. The first-order valence-electron chi connectivity index (χ1n) is 16.6. The Morgan fingerprint density at radius 1 is 0.646 bits per heavy atom. The second-order valence-corrected chi connectivity index (χ2v) is 15.9. The molecule has 0 heterocycles. The van der Waals surface area contributed by atoms with Gasteiger partial charge < -0.3 is 21.3 Å². The summed E-state index contributed by atoms with van der Waals surface area (Å²) in [4.78, 5) is 54.8. The van der Waals surface area contributed by atoms with Gasteiger partial charge in [0.05, 0.1) is 5.41 Å². The highest BCUT2D eigenvalue weighted by Crippen LogP contribution is 2.32. The molecule has 48 heavy (non-hydrogen) atoms. The summed E-state index contributed by atoms with van der Waals surface area (Å²) in [5.41, 5.74) is 0.652. The van der Waals surface area contributed by atoms with E-state index in [1.807, 2.05) is 136 Å². The molecule has 0 bridgehead atoms. The van der Waals surface area contributed by atoms with Crippen LogP contribution in [0.2, 0.25) is 0 Å². The van der Waals surface area contributed by atoms with Crippen LogP contribution < -0.4 is 21.3 Å². The molecule has 0 aliphatic carbocycles. The molecule has 0 unspecified atom stereocenters. The number of amides is 4. The zero-order valence-electron chi connectivity index (χ0n) is 30.5. The summed E-state index contributed by atoms with van der Waals surface area (Å²) in [6, 6.07) is 23.6. The van der Waals surface area contributed by atoms with Crippen molar-refractivity contribution < 1.29 is 19.2 Å². The molecule has 0 saturated carbocycles. The number of rotatable bonds is 11. The highest BCUT2D eigenvalue weighted by atomic mass is 16.2. The third-order valence-corrected chi connectivity index (χ3v) is 8.25. The summed E-state index contributed by atoms with van der Waals surface area (Å²) in [6.45, 7) is 18.9.